The Kier molecular flexibility index (Phi) is 6.67. The topological polar surface area (TPSA) is 90.9 Å². The zero-order valence-corrected chi connectivity index (χ0v) is 18.3. The number of rotatable bonds is 6. The van der Waals surface area contributed by atoms with Crippen LogP contribution < -0.4 is 10.0 Å². The van der Waals surface area contributed by atoms with Crippen LogP contribution in [-0.2, 0) is 21.4 Å². The molecule has 0 saturated carbocycles. The Morgan fingerprint density at radius 2 is 1.94 bits per heavy atom. The number of hydrogen-bond acceptors (Lipinski definition) is 5. The highest BCUT2D eigenvalue weighted by molar-refractivity contribution is 7.90. The Morgan fingerprint density at radius 1 is 1.10 bits per heavy atom. The summed E-state index contributed by atoms with van der Waals surface area (Å²) in [6.45, 7) is 3.15. The van der Waals surface area contributed by atoms with Crippen molar-refractivity contribution >= 4 is 27.5 Å². The third-order valence-corrected chi connectivity index (χ3v) is 7.04. The zero-order chi connectivity index (χ0) is 21.7. The Balaban J connectivity index is 1.38. The van der Waals surface area contributed by atoms with E-state index in [4.69, 9.17) is 0 Å². The summed E-state index contributed by atoms with van der Waals surface area (Å²) in [6.07, 6.45) is 3.29. The molecule has 0 radical (unpaired) electrons. The van der Waals surface area contributed by atoms with Crippen LogP contribution in [0.3, 0.4) is 0 Å². The molecule has 7 nitrogen and oxygen atoms in total. The predicted octanol–water partition coefficient (Wildman–Crippen LogP) is 3.01. The van der Waals surface area contributed by atoms with E-state index in [0.29, 0.717) is 31.0 Å². The maximum atomic E-state index is 12.9. The lowest BCUT2D eigenvalue weighted by Crippen LogP contribution is -2.40. The number of nitrogens with zero attached hydrogens (tertiary/aromatic N) is 2. The highest BCUT2D eigenvalue weighted by atomic mass is 32.2. The van der Waals surface area contributed by atoms with Crippen LogP contribution in [0, 0.1) is 5.92 Å². The van der Waals surface area contributed by atoms with Gasteiger partial charge in [-0.25, -0.2) is 8.42 Å². The fourth-order valence-corrected chi connectivity index (χ4v) is 5.21. The van der Waals surface area contributed by atoms with Crippen LogP contribution in [0.15, 0.2) is 64.5 Å². The molecular formula is C23H28N4O3S. The maximum Gasteiger partial charge on any atom is 0.262 e. The molecule has 1 atom stereocenters. The van der Waals surface area contributed by atoms with Gasteiger partial charge in [0.15, 0.2) is 0 Å². The summed E-state index contributed by atoms with van der Waals surface area (Å²) in [4.78, 5) is 19.5. The van der Waals surface area contributed by atoms with E-state index in [1.807, 2.05) is 18.2 Å². The van der Waals surface area contributed by atoms with Gasteiger partial charge in [-0.2, -0.15) is 0 Å². The van der Waals surface area contributed by atoms with Crippen molar-refractivity contribution in [3.63, 3.8) is 0 Å². The van der Waals surface area contributed by atoms with Crippen LogP contribution in [-0.4, -0.2) is 44.7 Å². The minimum atomic E-state index is -3.71. The van der Waals surface area contributed by atoms with E-state index in [2.05, 4.69) is 32.1 Å². The Bertz CT molecular complexity index is 1050. The highest BCUT2D eigenvalue weighted by Crippen LogP contribution is 2.22. The Morgan fingerprint density at radius 3 is 2.71 bits per heavy atom. The molecule has 2 aliphatic heterocycles. The van der Waals surface area contributed by atoms with Gasteiger partial charge in [0.2, 0.25) is 5.91 Å². The minimum absolute atomic E-state index is 0.0690. The number of carbonyl (C=O) groups excluding carboxylic acids is 1. The molecule has 0 bridgehead atoms. The summed E-state index contributed by atoms with van der Waals surface area (Å²) in [5.41, 5.74) is 1.72. The van der Waals surface area contributed by atoms with Crippen LogP contribution in [0.5, 0.6) is 0 Å². The smallest absolute Gasteiger partial charge is 0.262 e. The Labute approximate surface area is 183 Å². The molecule has 1 unspecified atom stereocenters. The van der Waals surface area contributed by atoms with E-state index in [0.717, 1.165) is 32.4 Å². The van der Waals surface area contributed by atoms with E-state index in [1.165, 1.54) is 17.7 Å². The number of nitrogens with one attached hydrogen (secondary N) is 2. The molecular weight excluding hydrogens is 412 g/mol. The van der Waals surface area contributed by atoms with Gasteiger partial charge in [-0.15, -0.1) is 0 Å². The van der Waals surface area contributed by atoms with Gasteiger partial charge in [-0.05, 0) is 49.6 Å². The summed E-state index contributed by atoms with van der Waals surface area (Å²) in [5.74, 6) is 0.305. The second-order valence-electron chi connectivity index (χ2n) is 8.11. The van der Waals surface area contributed by atoms with Crippen LogP contribution in [0.4, 0.5) is 5.69 Å². The molecule has 0 aliphatic carbocycles. The molecule has 8 heteroatoms. The van der Waals surface area contributed by atoms with E-state index in [1.54, 1.807) is 12.1 Å². The monoisotopic (exact) mass is 440 g/mol. The summed E-state index contributed by atoms with van der Waals surface area (Å²) < 4.78 is 27.8. The fourth-order valence-electron chi connectivity index (χ4n) is 4.08. The number of carbonyl (C=O) groups is 1. The number of amidine groups is 1. The summed E-state index contributed by atoms with van der Waals surface area (Å²) >= 11 is 0. The van der Waals surface area contributed by atoms with Gasteiger partial charge >= 0.3 is 0 Å². The van der Waals surface area contributed by atoms with Crippen molar-refractivity contribution in [2.75, 3.05) is 25.0 Å². The second-order valence-corrected chi connectivity index (χ2v) is 9.80. The lowest BCUT2D eigenvalue weighted by Gasteiger charge is -2.32. The van der Waals surface area contributed by atoms with E-state index in [-0.39, 0.29) is 16.7 Å². The first-order valence-electron chi connectivity index (χ1n) is 10.7. The fraction of sp³-hybridized carbons (Fsp3) is 0.391. The zero-order valence-electron chi connectivity index (χ0n) is 17.5. The molecule has 1 amide bonds. The highest BCUT2D eigenvalue weighted by Gasteiger charge is 2.26. The molecule has 2 aliphatic rings. The van der Waals surface area contributed by atoms with Gasteiger partial charge in [0.25, 0.3) is 10.0 Å². The van der Waals surface area contributed by atoms with Crippen LogP contribution in [0.25, 0.3) is 0 Å². The molecule has 2 heterocycles. The average Bonchev–Trinajstić information content (AvgIpc) is 3.27. The van der Waals surface area contributed by atoms with Crippen molar-refractivity contribution in [3.05, 3.63) is 60.2 Å². The standard InChI is InChI=1S/C23H28N4O3S/c28-23(19-9-6-14-27(17-19)16-18-7-2-1-3-8-18)25-20-10-4-11-21(15-20)31(29,30)26-22-12-5-13-24-22/h1-4,7-8,10-11,15,19H,5-6,9,12-14,16-17H2,(H,24,26)(H,25,28). The lowest BCUT2D eigenvalue weighted by atomic mass is 9.96. The van der Waals surface area contributed by atoms with Crippen molar-refractivity contribution in [2.45, 2.75) is 37.1 Å². The second kappa shape index (κ2) is 9.62. The number of benzene rings is 2. The number of aliphatic imine (C=N–C) groups is 1. The van der Waals surface area contributed by atoms with Gasteiger partial charge in [-0.1, -0.05) is 36.4 Å². The van der Waals surface area contributed by atoms with Crippen molar-refractivity contribution < 1.29 is 13.2 Å². The van der Waals surface area contributed by atoms with E-state index in [9.17, 15) is 13.2 Å². The first kappa shape index (κ1) is 21.5. The lowest BCUT2D eigenvalue weighted by molar-refractivity contribution is -0.121. The molecule has 0 aromatic heterocycles. The molecule has 2 aromatic rings. The number of sulfonamides is 1. The van der Waals surface area contributed by atoms with Crippen molar-refractivity contribution in [2.24, 2.45) is 10.9 Å². The quantitative estimate of drug-likeness (QED) is 0.722. The number of hydrogen-bond donors (Lipinski definition) is 2. The van der Waals surface area contributed by atoms with Crippen LogP contribution in [0.2, 0.25) is 0 Å². The number of likely N-dealkylation sites (tertiary alicyclic amines) is 1. The number of amides is 1. The molecule has 31 heavy (non-hydrogen) atoms. The SMILES string of the molecule is O=C(Nc1cccc(S(=O)(=O)NC2=NCCC2)c1)C1CCCN(Cc2ccccc2)C1. The minimum Gasteiger partial charge on any atom is -0.326 e. The van der Waals surface area contributed by atoms with Crippen molar-refractivity contribution in [1.29, 1.82) is 0 Å². The maximum absolute atomic E-state index is 12.9. The first-order valence-corrected chi connectivity index (χ1v) is 12.2. The van der Waals surface area contributed by atoms with E-state index < -0.39 is 10.0 Å². The molecule has 2 N–H and O–H groups in total. The third-order valence-electron chi connectivity index (χ3n) is 5.66. The largest absolute Gasteiger partial charge is 0.326 e. The van der Waals surface area contributed by atoms with Crippen molar-refractivity contribution in [1.82, 2.24) is 9.62 Å². The van der Waals surface area contributed by atoms with Gasteiger partial charge in [0, 0.05) is 31.7 Å². The van der Waals surface area contributed by atoms with Gasteiger partial charge < -0.3 is 5.32 Å². The average molecular weight is 441 g/mol. The first-order chi connectivity index (χ1) is 15.0. The van der Waals surface area contributed by atoms with Crippen LogP contribution in [0.1, 0.15) is 31.2 Å². The molecule has 164 valence electrons. The van der Waals surface area contributed by atoms with Gasteiger partial charge in [0.1, 0.15) is 5.84 Å². The Hall–Kier alpha value is -2.71. The predicted molar refractivity (Wildman–Crippen MR) is 121 cm³/mol. The van der Waals surface area contributed by atoms with E-state index >= 15 is 0 Å². The number of anilines is 1. The molecule has 1 fully saturated rings. The summed E-state index contributed by atoms with van der Waals surface area (Å²) in [6, 6.07) is 16.6. The number of piperidine rings is 1. The molecule has 4 rings (SSSR count). The normalized spacial score (nSPS) is 19.6. The van der Waals surface area contributed by atoms with Gasteiger partial charge in [0.05, 0.1) is 10.8 Å². The third kappa shape index (κ3) is 5.71. The molecule has 2 aromatic carbocycles. The molecule has 1 saturated heterocycles. The summed E-state index contributed by atoms with van der Waals surface area (Å²) in [5, 5.41) is 2.91. The summed E-state index contributed by atoms with van der Waals surface area (Å²) in [7, 11) is -3.71. The van der Waals surface area contributed by atoms with Gasteiger partial charge in [-0.3, -0.25) is 19.4 Å². The van der Waals surface area contributed by atoms with Crippen molar-refractivity contribution in [3.8, 4) is 0 Å². The molecule has 0 spiro atoms. The van der Waals surface area contributed by atoms with Crippen LogP contribution >= 0.6 is 0 Å².